The summed E-state index contributed by atoms with van der Waals surface area (Å²) in [7, 11) is 0. The first-order valence-electron chi connectivity index (χ1n) is 21.6. The molecule has 308 valence electrons. The molecule has 2 atom stereocenters. The Hall–Kier alpha value is -5.06. The van der Waals surface area contributed by atoms with Crippen molar-refractivity contribution in [3.8, 4) is 35.4 Å². The van der Waals surface area contributed by atoms with E-state index < -0.39 is 17.5 Å². The van der Waals surface area contributed by atoms with E-state index in [1.54, 1.807) is 0 Å². The first kappa shape index (κ1) is 38.2. The molecule has 59 heavy (non-hydrogen) atoms. The van der Waals surface area contributed by atoms with Gasteiger partial charge in [-0.1, -0.05) is 38.2 Å². The van der Waals surface area contributed by atoms with Crippen molar-refractivity contribution in [1.29, 1.82) is 0 Å². The number of phenolic OH excluding ortho intramolecular Hbond substituents is 1. The maximum atomic E-state index is 17.6. The number of aromatic nitrogens is 3. The molecule has 1 aliphatic carbocycles. The van der Waals surface area contributed by atoms with Gasteiger partial charge in [-0.15, -0.1) is 6.42 Å². The van der Waals surface area contributed by atoms with Crippen LogP contribution in [0.3, 0.4) is 0 Å². The van der Waals surface area contributed by atoms with Crippen molar-refractivity contribution in [2.24, 2.45) is 0 Å². The summed E-state index contributed by atoms with van der Waals surface area (Å²) in [6, 6.07) is 5.82. The van der Waals surface area contributed by atoms with Crippen LogP contribution < -0.4 is 15.5 Å². The van der Waals surface area contributed by atoms with Gasteiger partial charge in [0.15, 0.2) is 17.3 Å². The number of rotatable bonds is 8. The number of anilines is 1. The topological polar surface area (TPSA) is 121 Å². The first-order chi connectivity index (χ1) is 28.7. The molecule has 1 saturated carbocycles. The number of ether oxygens (including phenoxy) is 1. The molecule has 2 aromatic carbocycles. The molecule has 1 unspecified atom stereocenters. The van der Waals surface area contributed by atoms with Crippen molar-refractivity contribution < 1.29 is 27.5 Å². The van der Waals surface area contributed by atoms with Crippen molar-refractivity contribution in [2.75, 3.05) is 37.7 Å². The molecule has 13 heteroatoms. The van der Waals surface area contributed by atoms with Crippen molar-refractivity contribution in [1.82, 2.24) is 24.8 Å². The number of phenols is 1. The molecule has 0 radical (unpaired) electrons. The number of halogens is 2. The van der Waals surface area contributed by atoms with Crippen molar-refractivity contribution in [3.05, 3.63) is 69.3 Å². The molecular weight excluding hydrogens is 755 g/mol. The van der Waals surface area contributed by atoms with E-state index >= 15 is 8.78 Å². The Morgan fingerprint density at radius 2 is 1.80 bits per heavy atom. The number of hydrogen-bond acceptors (Lipinski definition) is 11. The van der Waals surface area contributed by atoms with Gasteiger partial charge >= 0.3 is 11.8 Å². The van der Waals surface area contributed by atoms with Crippen LogP contribution in [0.1, 0.15) is 113 Å². The zero-order valence-electron chi connectivity index (χ0n) is 33.6. The largest absolute Gasteiger partial charge is 0.519 e. The zero-order chi connectivity index (χ0) is 40.4. The first-order valence-corrected chi connectivity index (χ1v) is 21.6. The third-order valence-electron chi connectivity index (χ3n) is 14.1. The fourth-order valence-corrected chi connectivity index (χ4v) is 11.1. The second-order valence-electron chi connectivity index (χ2n) is 17.4. The SMILES string of the molecule is C#Cc1c(F)ccc2cc(O)cc(-c3nc4c5c(nc(OCC67CCCN6CCC7)nc5c3F)N3C[C@@H](CC)N(Cc5oc(=O)oc5C5CCCCC5)CC3CCC4)c12. The van der Waals surface area contributed by atoms with Gasteiger partial charge < -0.3 is 23.6 Å². The molecule has 5 aromatic rings. The molecule has 1 N–H and O–H groups in total. The number of hydrogen-bond donors (Lipinski definition) is 1. The monoisotopic (exact) mass is 804 g/mol. The van der Waals surface area contributed by atoms with E-state index in [9.17, 15) is 9.90 Å². The number of benzene rings is 2. The van der Waals surface area contributed by atoms with E-state index in [4.69, 9.17) is 34.9 Å². The number of aromatic hydroxyl groups is 1. The summed E-state index contributed by atoms with van der Waals surface area (Å²) in [4.78, 5) is 34.7. The molecule has 0 bridgehead atoms. The third kappa shape index (κ3) is 6.63. The normalized spacial score (nSPS) is 22.3. The van der Waals surface area contributed by atoms with Crippen LogP contribution in [0.4, 0.5) is 14.6 Å². The Balaban J connectivity index is 1.09. The van der Waals surface area contributed by atoms with Crippen molar-refractivity contribution in [2.45, 2.75) is 120 Å². The van der Waals surface area contributed by atoms with Gasteiger partial charge in [-0.3, -0.25) is 9.80 Å². The van der Waals surface area contributed by atoms with Crippen molar-refractivity contribution in [3.63, 3.8) is 0 Å². The lowest BCUT2D eigenvalue weighted by atomic mass is 9.87. The average Bonchev–Trinajstić information content (AvgIpc) is 3.94. The summed E-state index contributed by atoms with van der Waals surface area (Å²) in [5.74, 6) is 2.46. The van der Waals surface area contributed by atoms with Crippen LogP contribution in [0.15, 0.2) is 37.9 Å². The van der Waals surface area contributed by atoms with Crippen LogP contribution in [-0.4, -0.2) is 80.3 Å². The summed E-state index contributed by atoms with van der Waals surface area (Å²) in [5, 5.41) is 12.1. The minimum Gasteiger partial charge on any atom is -0.508 e. The zero-order valence-corrected chi connectivity index (χ0v) is 33.6. The van der Waals surface area contributed by atoms with E-state index in [-0.39, 0.29) is 57.6 Å². The highest BCUT2D eigenvalue weighted by atomic mass is 19.1. The Morgan fingerprint density at radius 1 is 0.983 bits per heavy atom. The predicted octanol–water partition coefficient (Wildman–Crippen LogP) is 8.22. The molecule has 7 heterocycles. The number of terminal acetylenes is 1. The van der Waals surface area contributed by atoms with Crippen LogP contribution in [0, 0.1) is 24.0 Å². The Kier molecular flexibility index (Phi) is 9.83. The third-order valence-corrected chi connectivity index (χ3v) is 14.1. The Morgan fingerprint density at radius 3 is 2.58 bits per heavy atom. The van der Waals surface area contributed by atoms with Crippen LogP contribution in [0.25, 0.3) is 32.9 Å². The highest BCUT2D eigenvalue weighted by molar-refractivity contribution is 6.03. The smallest absolute Gasteiger partial charge is 0.508 e. The standard InChI is InChI=1S/C46H50F2N6O5/c1-3-29-24-54-30(23-52(29)25-36-42(59-45(56)58-36)27-11-6-5-7-12-27)13-8-14-35-38-41(50-44(51-43(38)54)57-26-46-17-9-19-53(46)20-10-18-46)39(48)40(49-35)33-22-31(55)21-28-15-16-34(47)32(4-2)37(28)33/h2,15-16,21-22,27,29-30,55H,3,5-14,17-20,23-26H2,1H3/t29-,30?/m1/s1. The van der Waals surface area contributed by atoms with Gasteiger partial charge in [-0.2, -0.15) is 9.97 Å². The van der Waals surface area contributed by atoms with Gasteiger partial charge in [-0.05, 0) is 101 Å². The lowest BCUT2D eigenvalue weighted by molar-refractivity contribution is 0.107. The van der Waals surface area contributed by atoms with E-state index in [0.29, 0.717) is 71.9 Å². The number of nitrogens with zero attached hydrogens (tertiary/aromatic N) is 6. The second-order valence-corrected chi connectivity index (χ2v) is 17.4. The second kappa shape index (κ2) is 15.2. The van der Waals surface area contributed by atoms with Crippen molar-refractivity contribution >= 4 is 27.5 Å². The Labute approximate surface area is 341 Å². The van der Waals surface area contributed by atoms with E-state index in [1.165, 1.54) is 30.7 Å². The van der Waals surface area contributed by atoms with Crippen LogP contribution in [0.5, 0.6) is 11.8 Å². The summed E-state index contributed by atoms with van der Waals surface area (Å²) in [5.41, 5.74) is 0.698. The van der Waals surface area contributed by atoms with E-state index in [2.05, 4.69) is 27.5 Å². The summed E-state index contributed by atoms with van der Waals surface area (Å²) in [6.45, 7) is 6.37. The Bertz CT molecular complexity index is 2530. The highest BCUT2D eigenvalue weighted by Crippen LogP contribution is 2.44. The van der Waals surface area contributed by atoms with Gasteiger partial charge in [-0.25, -0.2) is 18.6 Å². The fraction of sp³-hybridized carbons (Fsp3) is 0.522. The molecule has 3 saturated heterocycles. The van der Waals surface area contributed by atoms with Gasteiger partial charge in [0.05, 0.1) is 28.7 Å². The fourth-order valence-electron chi connectivity index (χ4n) is 11.1. The molecule has 3 aromatic heterocycles. The molecule has 4 fully saturated rings. The molecule has 10 rings (SSSR count). The van der Waals surface area contributed by atoms with E-state index in [1.807, 2.05) is 0 Å². The maximum Gasteiger partial charge on any atom is 0.519 e. The van der Waals surface area contributed by atoms with Gasteiger partial charge in [0, 0.05) is 42.0 Å². The van der Waals surface area contributed by atoms with Gasteiger partial charge in [0.2, 0.25) is 0 Å². The number of pyridine rings is 1. The van der Waals surface area contributed by atoms with Crippen LogP contribution in [-0.2, 0) is 13.0 Å². The van der Waals surface area contributed by atoms with Gasteiger partial charge in [0.25, 0.3) is 0 Å². The lowest BCUT2D eigenvalue weighted by Crippen LogP contribution is -2.58. The summed E-state index contributed by atoms with van der Waals surface area (Å²) >= 11 is 0. The van der Waals surface area contributed by atoms with Crippen LogP contribution in [0.2, 0.25) is 0 Å². The summed E-state index contributed by atoms with van der Waals surface area (Å²) in [6.07, 6.45) is 18.4. The summed E-state index contributed by atoms with van der Waals surface area (Å²) < 4.78 is 50.8. The molecule has 5 aliphatic rings. The van der Waals surface area contributed by atoms with E-state index in [0.717, 1.165) is 83.7 Å². The number of fused-ring (bicyclic) bond motifs is 4. The minimum absolute atomic E-state index is 0.00585. The highest BCUT2D eigenvalue weighted by Gasteiger charge is 2.45. The van der Waals surface area contributed by atoms with Gasteiger partial charge in [0.1, 0.15) is 35.2 Å². The lowest BCUT2D eigenvalue weighted by Gasteiger charge is -2.47. The minimum atomic E-state index is -0.717. The molecular formula is C46H50F2N6O5. The molecule has 0 spiro atoms. The quantitative estimate of drug-likeness (QED) is 0.153. The number of piperazine rings is 1. The molecule has 0 amide bonds. The number of aryl methyl sites for hydroxylation is 1. The average molecular weight is 805 g/mol. The maximum absolute atomic E-state index is 17.6. The van der Waals surface area contributed by atoms with Crippen LogP contribution >= 0.6 is 0 Å². The predicted molar refractivity (Wildman–Crippen MR) is 220 cm³/mol. The molecule has 4 aliphatic heterocycles. The molecule has 11 nitrogen and oxygen atoms in total.